The van der Waals surface area contributed by atoms with Crippen LogP contribution < -0.4 is 10.6 Å². The number of hydrogen-bond acceptors (Lipinski definition) is 5. The van der Waals surface area contributed by atoms with Crippen molar-refractivity contribution in [3.63, 3.8) is 0 Å². The van der Waals surface area contributed by atoms with Crippen LogP contribution in [0.15, 0.2) is 0 Å². The number of unbranched alkanes of at least 4 members (excludes halogenated alkanes) is 3. The molecule has 164 valence electrons. The molecule has 1 aliphatic carbocycles. The summed E-state index contributed by atoms with van der Waals surface area (Å²) in [6.45, 7) is 8.03. The zero-order valence-electron chi connectivity index (χ0n) is 17.7. The molecular formula is C21H36N4O4. The Morgan fingerprint density at radius 1 is 1.14 bits per heavy atom. The number of nitrogens with one attached hydrogen (secondary N) is 2. The van der Waals surface area contributed by atoms with Crippen molar-refractivity contribution in [1.82, 2.24) is 20.4 Å². The summed E-state index contributed by atoms with van der Waals surface area (Å²) in [4.78, 5) is 41.4. The van der Waals surface area contributed by atoms with Gasteiger partial charge >= 0.3 is 6.03 Å². The SMILES string of the molecule is CCCCCCN(CCN1CCOCC1)C(=O)C1CCC2(CC1)NC(=O)NC2=O. The quantitative estimate of drug-likeness (QED) is 0.446. The van der Waals surface area contributed by atoms with Crippen molar-refractivity contribution in [3.05, 3.63) is 0 Å². The Bertz CT molecular complexity index is 583. The summed E-state index contributed by atoms with van der Waals surface area (Å²) < 4.78 is 5.42. The van der Waals surface area contributed by atoms with E-state index in [-0.39, 0.29) is 17.7 Å². The topological polar surface area (TPSA) is 91.0 Å². The molecule has 2 aliphatic heterocycles. The normalized spacial score (nSPS) is 27.7. The first-order valence-corrected chi connectivity index (χ1v) is 11.3. The van der Waals surface area contributed by atoms with Crippen molar-refractivity contribution < 1.29 is 19.1 Å². The van der Waals surface area contributed by atoms with Crippen molar-refractivity contribution in [1.29, 1.82) is 0 Å². The first kappa shape index (κ1) is 22.0. The maximum Gasteiger partial charge on any atom is 0.322 e. The maximum atomic E-state index is 13.3. The summed E-state index contributed by atoms with van der Waals surface area (Å²) in [6.07, 6.45) is 6.94. The highest BCUT2D eigenvalue weighted by Crippen LogP contribution is 2.35. The number of hydrogen-bond donors (Lipinski definition) is 2. The van der Waals surface area contributed by atoms with Gasteiger partial charge in [-0.15, -0.1) is 0 Å². The van der Waals surface area contributed by atoms with Gasteiger partial charge in [-0.2, -0.15) is 0 Å². The molecule has 2 saturated heterocycles. The Balaban J connectivity index is 1.53. The Morgan fingerprint density at radius 2 is 1.86 bits per heavy atom. The van der Waals surface area contributed by atoms with E-state index in [1.165, 1.54) is 12.8 Å². The minimum Gasteiger partial charge on any atom is -0.379 e. The van der Waals surface area contributed by atoms with Gasteiger partial charge in [0.25, 0.3) is 5.91 Å². The van der Waals surface area contributed by atoms with E-state index in [0.29, 0.717) is 25.7 Å². The molecule has 3 aliphatic rings. The van der Waals surface area contributed by atoms with Gasteiger partial charge in [0.1, 0.15) is 5.54 Å². The molecule has 0 atom stereocenters. The fraction of sp³-hybridized carbons (Fsp3) is 0.857. The Labute approximate surface area is 173 Å². The summed E-state index contributed by atoms with van der Waals surface area (Å²) in [5, 5.41) is 5.12. The molecule has 0 unspecified atom stereocenters. The second-order valence-electron chi connectivity index (χ2n) is 8.60. The highest BCUT2D eigenvalue weighted by molar-refractivity contribution is 6.07. The minimum absolute atomic E-state index is 0.0539. The number of carbonyl (C=O) groups is 3. The molecular weight excluding hydrogens is 372 g/mol. The fourth-order valence-electron chi connectivity index (χ4n) is 4.64. The lowest BCUT2D eigenvalue weighted by Crippen LogP contribution is -2.51. The van der Waals surface area contributed by atoms with Gasteiger partial charge in [-0.05, 0) is 32.1 Å². The third kappa shape index (κ3) is 5.69. The fourth-order valence-corrected chi connectivity index (χ4v) is 4.64. The van der Waals surface area contributed by atoms with Crippen LogP contribution in [-0.4, -0.2) is 79.1 Å². The van der Waals surface area contributed by atoms with E-state index in [2.05, 4.69) is 22.5 Å². The van der Waals surface area contributed by atoms with Gasteiger partial charge in [-0.3, -0.25) is 19.8 Å². The molecule has 1 saturated carbocycles. The molecule has 0 bridgehead atoms. The number of carbonyl (C=O) groups excluding carboxylic acids is 3. The van der Waals surface area contributed by atoms with Gasteiger partial charge in [-0.1, -0.05) is 26.2 Å². The molecule has 29 heavy (non-hydrogen) atoms. The molecule has 0 aromatic heterocycles. The third-order valence-corrected chi connectivity index (χ3v) is 6.59. The van der Waals surface area contributed by atoms with Crippen molar-refractivity contribution in [2.45, 2.75) is 63.8 Å². The largest absolute Gasteiger partial charge is 0.379 e. The van der Waals surface area contributed by atoms with Crippen LogP contribution in [0.2, 0.25) is 0 Å². The van der Waals surface area contributed by atoms with Crippen molar-refractivity contribution in [3.8, 4) is 0 Å². The van der Waals surface area contributed by atoms with Crippen LogP contribution >= 0.6 is 0 Å². The highest BCUT2D eigenvalue weighted by Gasteiger charge is 2.49. The summed E-state index contributed by atoms with van der Waals surface area (Å²) in [6, 6.07) is -0.414. The van der Waals surface area contributed by atoms with Crippen LogP contribution in [0.4, 0.5) is 4.79 Å². The number of urea groups is 1. The van der Waals surface area contributed by atoms with Gasteiger partial charge in [0.15, 0.2) is 0 Å². The van der Waals surface area contributed by atoms with E-state index in [4.69, 9.17) is 4.74 Å². The first-order chi connectivity index (χ1) is 14.0. The van der Waals surface area contributed by atoms with Gasteiger partial charge < -0.3 is 15.0 Å². The van der Waals surface area contributed by atoms with E-state index in [9.17, 15) is 14.4 Å². The molecule has 0 aromatic rings. The van der Waals surface area contributed by atoms with Crippen molar-refractivity contribution in [2.24, 2.45) is 5.92 Å². The smallest absolute Gasteiger partial charge is 0.322 e. The standard InChI is InChI=1S/C21H36N4O4/c1-2-3-4-5-10-25(12-11-24-13-15-29-16-14-24)18(26)17-6-8-21(9-7-17)19(27)22-20(28)23-21/h17H,2-16H2,1H3,(H2,22,23,27,28). The molecule has 3 fully saturated rings. The average molecular weight is 409 g/mol. The van der Waals surface area contributed by atoms with Crippen molar-refractivity contribution >= 4 is 17.8 Å². The molecule has 8 heteroatoms. The van der Waals surface area contributed by atoms with Gasteiger partial charge in [0, 0.05) is 38.6 Å². The van der Waals surface area contributed by atoms with Crippen LogP contribution in [0.3, 0.4) is 0 Å². The number of morpholine rings is 1. The van der Waals surface area contributed by atoms with Gasteiger partial charge in [-0.25, -0.2) is 4.79 Å². The number of amides is 4. The van der Waals surface area contributed by atoms with Gasteiger partial charge in [0.05, 0.1) is 13.2 Å². The number of nitrogens with zero attached hydrogens (tertiary/aromatic N) is 2. The second kappa shape index (κ2) is 10.4. The molecule has 8 nitrogen and oxygen atoms in total. The van der Waals surface area contributed by atoms with E-state index in [0.717, 1.165) is 58.8 Å². The molecule has 0 radical (unpaired) electrons. The van der Waals surface area contributed by atoms with Gasteiger partial charge in [0.2, 0.25) is 5.91 Å². The molecule has 1 spiro atoms. The van der Waals surface area contributed by atoms with E-state index >= 15 is 0 Å². The van der Waals surface area contributed by atoms with E-state index in [1.807, 2.05) is 4.90 Å². The molecule has 3 rings (SSSR count). The zero-order valence-corrected chi connectivity index (χ0v) is 17.7. The minimum atomic E-state index is -0.798. The monoisotopic (exact) mass is 408 g/mol. The van der Waals surface area contributed by atoms with Crippen LogP contribution in [0, 0.1) is 5.92 Å². The lowest BCUT2D eigenvalue weighted by atomic mass is 9.76. The molecule has 2 N–H and O–H groups in total. The van der Waals surface area contributed by atoms with Crippen LogP contribution in [0.1, 0.15) is 58.3 Å². The molecule has 2 heterocycles. The Hall–Kier alpha value is -1.67. The number of imide groups is 1. The van der Waals surface area contributed by atoms with Crippen molar-refractivity contribution in [2.75, 3.05) is 45.9 Å². The highest BCUT2D eigenvalue weighted by atomic mass is 16.5. The zero-order chi connectivity index (χ0) is 20.7. The predicted octanol–water partition coefficient (Wildman–Crippen LogP) is 1.50. The lowest BCUT2D eigenvalue weighted by Gasteiger charge is -2.37. The Kier molecular flexibility index (Phi) is 7.89. The molecule has 4 amide bonds. The third-order valence-electron chi connectivity index (χ3n) is 6.59. The molecule has 0 aromatic carbocycles. The van der Waals surface area contributed by atoms with Crippen LogP contribution in [-0.2, 0) is 14.3 Å². The van der Waals surface area contributed by atoms with Crippen LogP contribution in [0.25, 0.3) is 0 Å². The second-order valence-corrected chi connectivity index (χ2v) is 8.60. The summed E-state index contributed by atoms with van der Waals surface area (Å²) in [5.41, 5.74) is -0.798. The Morgan fingerprint density at radius 3 is 2.48 bits per heavy atom. The average Bonchev–Trinajstić information content (AvgIpc) is 3.01. The maximum absolute atomic E-state index is 13.3. The van der Waals surface area contributed by atoms with Crippen LogP contribution in [0.5, 0.6) is 0 Å². The van der Waals surface area contributed by atoms with E-state index in [1.54, 1.807) is 0 Å². The first-order valence-electron chi connectivity index (χ1n) is 11.3. The number of rotatable bonds is 9. The number of ether oxygens (including phenoxy) is 1. The summed E-state index contributed by atoms with van der Waals surface area (Å²) in [7, 11) is 0. The summed E-state index contributed by atoms with van der Waals surface area (Å²) >= 11 is 0. The predicted molar refractivity (Wildman–Crippen MR) is 109 cm³/mol. The van der Waals surface area contributed by atoms with E-state index < -0.39 is 11.6 Å². The summed E-state index contributed by atoms with van der Waals surface area (Å²) in [5.74, 6) is -0.0757. The lowest BCUT2D eigenvalue weighted by molar-refractivity contribution is -0.139.